The minimum absolute atomic E-state index is 0.352. The van der Waals surface area contributed by atoms with E-state index in [9.17, 15) is 9.59 Å². The molecule has 0 saturated carbocycles. The molecule has 7 N–H and O–H groups in total. The van der Waals surface area contributed by atoms with E-state index in [0.717, 1.165) is 25.1 Å². The molecule has 0 spiro atoms. The number of nitrogens with one attached hydrogen (secondary N) is 1. The van der Waals surface area contributed by atoms with Gasteiger partial charge < -0.3 is 21.7 Å². The maximum atomic E-state index is 10.1. The molecule has 1 unspecified atom stereocenters. The van der Waals surface area contributed by atoms with Crippen molar-refractivity contribution in [1.82, 2.24) is 5.32 Å². The Morgan fingerprint density at radius 2 is 2.06 bits per heavy atom. The summed E-state index contributed by atoms with van der Waals surface area (Å²) in [7, 11) is 0. The highest BCUT2D eigenvalue weighted by atomic mass is 32.2. The molecular weight excluding hydrogens is 258 g/mol. The summed E-state index contributed by atoms with van der Waals surface area (Å²) in [5.74, 6) is -0.777. The average molecular weight is 279 g/mol. The van der Waals surface area contributed by atoms with Crippen LogP contribution in [0.3, 0.4) is 0 Å². The number of carboxylic acids is 2. The number of hydrogen-bond donors (Lipinski definition) is 5. The van der Waals surface area contributed by atoms with Crippen LogP contribution in [0.1, 0.15) is 19.3 Å². The van der Waals surface area contributed by atoms with Gasteiger partial charge >= 0.3 is 11.9 Å². The quantitative estimate of drug-likeness (QED) is 0.401. The highest BCUT2D eigenvalue weighted by Crippen LogP contribution is 2.12. The van der Waals surface area contributed by atoms with Crippen molar-refractivity contribution >= 4 is 23.7 Å². The third kappa shape index (κ3) is 8.29. The third-order valence-corrected chi connectivity index (χ3v) is 3.37. The highest BCUT2D eigenvalue weighted by molar-refractivity contribution is 8.00. The van der Waals surface area contributed by atoms with Gasteiger partial charge in [0.2, 0.25) is 0 Å². The second-order valence-electron chi connectivity index (χ2n) is 3.77. The molecule has 0 radical (unpaired) electrons. The smallest absolute Gasteiger partial charge is 0.331 e. The maximum absolute atomic E-state index is 10.1. The normalized spacial score (nSPS) is 19.8. The molecule has 18 heavy (non-hydrogen) atoms. The average Bonchev–Trinajstić information content (AvgIpc) is 2.83. The molecule has 8 heteroatoms. The van der Waals surface area contributed by atoms with Gasteiger partial charge in [0.1, 0.15) is 6.04 Å². The maximum Gasteiger partial charge on any atom is 0.331 e. The molecule has 0 amide bonds. The fourth-order valence-corrected chi connectivity index (χ4v) is 2.07. The van der Waals surface area contributed by atoms with Crippen LogP contribution >= 0.6 is 11.8 Å². The van der Waals surface area contributed by atoms with Crippen LogP contribution in [0.4, 0.5) is 0 Å². The zero-order chi connectivity index (χ0) is 14.0. The van der Waals surface area contributed by atoms with E-state index in [1.807, 2.05) is 0 Å². The van der Waals surface area contributed by atoms with E-state index in [0.29, 0.717) is 13.0 Å². The first-order valence-electron chi connectivity index (χ1n) is 5.75. The van der Waals surface area contributed by atoms with Crippen molar-refractivity contribution in [3.8, 4) is 0 Å². The lowest BCUT2D eigenvalue weighted by molar-refractivity contribution is -0.139. The van der Waals surface area contributed by atoms with Crippen LogP contribution in [-0.4, -0.2) is 52.4 Å². The summed E-state index contributed by atoms with van der Waals surface area (Å²) in [6.07, 6.45) is 2.16. The van der Waals surface area contributed by atoms with Crippen LogP contribution in [0.15, 0.2) is 0 Å². The number of rotatable bonds is 6. The molecule has 1 aliphatic rings. The van der Waals surface area contributed by atoms with Gasteiger partial charge in [-0.15, -0.1) is 11.8 Å². The Hall–Kier alpha value is -0.830. The van der Waals surface area contributed by atoms with Gasteiger partial charge in [-0.3, -0.25) is 10.1 Å². The van der Waals surface area contributed by atoms with Gasteiger partial charge in [0.25, 0.3) is 0 Å². The van der Waals surface area contributed by atoms with Crippen molar-refractivity contribution < 1.29 is 19.8 Å². The van der Waals surface area contributed by atoms with E-state index in [-0.39, 0.29) is 5.37 Å². The number of carbonyl (C=O) groups is 2. The zero-order valence-electron chi connectivity index (χ0n) is 10.2. The largest absolute Gasteiger partial charge is 0.480 e. The predicted octanol–water partition coefficient (Wildman–Crippen LogP) is -0.739. The summed E-state index contributed by atoms with van der Waals surface area (Å²) >= 11 is 1.44. The van der Waals surface area contributed by atoms with Crippen LogP contribution in [0.25, 0.3) is 0 Å². The first kappa shape index (κ1) is 17.2. The van der Waals surface area contributed by atoms with Crippen molar-refractivity contribution in [3.63, 3.8) is 0 Å². The molecule has 1 rings (SSSR count). The standard InChI is InChI=1S/C6H14N2O2.C4H7NO2S/c7-4-2-1-3-5(8)6(9)10;6-4(7)3-5-1-2-8-3/h5H,1-4,7-8H2,(H,9,10);3,5H,1-2H2,(H,6,7)/t5-;/m0./s1. The van der Waals surface area contributed by atoms with E-state index < -0.39 is 18.0 Å². The predicted molar refractivity (Wildman–Crippen MR) is 70.4 cm³/mol. The first-order valence-corrected chi connectivity index (χ1v) is 6.80. The van der Waals surface area contributed by atoms with Gasteiger partial charge in [-0.2, -0.15) is 0 Å². The fourth-order valence-electron chi connectivity index (χ4n) is 1.22. The first-order chi connectivity index (χ1) is 8.49. The summed E-state index contributed by atoms with van der Waals surface area (Å²) in [6.45, 7) is 1.42. The number of thioether (sulfide) groups is 1. The Labute approximate surface area is 110 Å². The summed E-state index contributed by atoms with van der Waals surface area (Å²) in [4.78, 5) is 20.3. The van der Waals surface area contributed by atoms with E-state index >= 15 is 0 Å². The summed E-state index contributed by atoms with van der Waals surface area (Å²) in [5.41, 5.74) is 10.4. The molecule has 1 saturated heterocycles. The van der Waals surface area contributed by atoms with Crippen molar-refractivity contribution in [2.45, 2.75) is 30.7 Å². The second kappa shape index (κ2) is 10.1. The Morgan fingerprint density at radius 3 is 2.39 bits per heavy atom. The van der Waals surface area contributed by atoms with E-state index in [1.54, 1.807) is 0 Å². The molecule has 0 aromatic heterocycles. The van der Waals surface area contributed by atoms with Crippen LogP contribution in [-0.2, 0) is 9.59 Å². The van der Waals surface area contributed by atoms with Crippen molar-refractivity contribution in [2.24, 2.45) is 11.5 Å². The van der Waals surface area contributed by atoms with Gasteiger partial charge in [0, 0.05) is 12.3 Å². The Bertz CT molecular complexity index is 260. The Kier molecular flexibility index (Phi) is 9.66. The summed E-state index contributed by atoms with van der Waals surface area (Å²) in [6, 6.07) is -0.716. The lowest BCUT2D eigenvalue weighted by Gasteiger charge is -2.03. The number of aliphatic carboxylic acids is 2. The number of hydrogen-bond acceptors (Lipinski definition) is 6. The van der Waals surface area contributed by atoms with Crippen LogP contribution in [0.2, 0.25) is 0 Å². The zero-order valence-corrected chi connectivity index (χ0v) is 11.0. The van der Waals surface area contributed by atoms with Gasteiger partial charge in [0.15, 0.2) is 5.37 Å². The minimum Gasteiger partial charge on any atom is -0.480 e. The molecule has 2 atom stereocenters. The van der Waals surface area contributed by atoms with Gasteiger partial charge in [-0.25, -0.2) is 4.79 Å². The number of unbranched alkanes of at least 4 members (excludes halogenated alkanes) is 1. The van der Waals surface area contributed by atoms with Gasteiger partial charge in [-0.1, -0.05) is 6.42 Å². The minimum atomic E-state index is -0.933. The van der Waals surface area contributed by atoms with E-state index in [1.165, 1.54) is 11.8 Å². The topological polar surface area (TPSA) is 139 Å². The molecule has 1 aliphatic heterocycles. The molecule has 106 valence electrons. The highest BCUT2D eigenvalue weighted by Gasteiger charge is 2.20. The Morgan fingerprint density at radius 1 is 1.39 bits per heavy atom. The SMILES string of the molecule is NCCCC[C@H](N)C(=O)O.O=C(O)C1NCCS1. The molecule has 0 aromatic carbocycles. The third-order valence-electron chi connectivity index (χ3n) is 2.23. The molecule has 0 bridgehead atoms. The van der Waals surface area contributed by atoms with Crippen molar-refractivity contribution in [2.75, 3.05) is 18.8 Å². The van der Waals surface area contributed by atoms with E-state index in [4.69, 9.17) is 21.7 Å². The second-order valence-corrected chi connectivity index (χ2v) is 4.99. The number of carboxylic acid groups (broad SMARTS) is 2. The van der Waals surface area contributed by atoms with Crippen LogP contribution < -0.4 is 16.8 Å². The monoisotopic (exact) mass is 279 g/mol. The van der Waals surface area contributed by atoms with Gasteiger partial charge in [0.05, 0.1) is 0 Å². The Balaban J connectivity index is 0.000000327. The van der Waals surface area contributed by atoms with Crippen LogP contribution in [0.5, 0.6) is 0 Å². The lowest BCUT2D eigenvalue weighted by Crippen LogP contribution is -2.29. The molecular formula is C10H21N3O4S. The van der Waals surface area contributed by atoms with Gasteiger partial charge in [-0.05, 0) is 19.4 Å². The molecule has 1 fully saturated rings. The molecule has 7 nitrogen and oxygen atoms in total. The molecule has 1 heterocycles. The summed E-state index contributed by atoms with van der Waals surface area (Å²) in [5, 5.41) is 19.1. The fraction of sp³-hybridized carbons (Fsp3) is 0.800. The summed E-state index contributed by atoms with van der Waals surface area (Å²) < 4.78 is 0. The lowest BCUT2D eigenvalue weighted by atomic mass is 10.1. The van der Waals surface area contributed by atoms with E-state index in [2.05, 4.69) is 5.32 Å². The van der Waals surface area contributed by atoms with Crippen molar-refractivity contribution in [3.05, 3.63) is 0 Å². The van der Waals surface area contributed by atoms with Crippen molar-refractivity contribution in [1.29, 1.82) is 0 Å². The number of nitrogens with two attached hydrogens (primary N) is 2. The molecule has 0 aromatic rings. The molecule has 0 aliphatic carbocycles. The van der Waals surface area contributed by atoms with Crippen LogP contribution in [0, 0.1) is 0 Å².